The molecule has 114 valence electrons. The zero-order chi connectivity index (χ0) is 15.8. The summed E-state index contributed by atoms with van der Waals surface area (Å²) in [5.74, 6) is 0.392. The van der Waals surface area contributed by atoms with Gasteiger partial charge < -0.3 is 14.6 Å². The first-order chi connectivity index (χ1) is 11.2. The van der Waals surface area contributed by atoms with Gasteiger partial charge in [-0.05, 0) is 36.4 Å². The Morgan fingerprint density at radius 2 is 2.00 bits per heavy atom. The molecule has 0 amide bonds. The molecular formula is C16H11N3O4. The van der Waals surface area contributed by atoms with E-state index in [1.165, 1.54) is 10.7 Å². The minimum atomic E-state index is -0.983. The van der Waals surface area contributed by atoms with Crippen molar-refractivity contribution >= 4 is 5.97 Å². The molecule has 0 aliphatic carbocycles. The predicted molar refractivity (Wildman–Crippen MR) is 79.9 cm³/mol. The molecule has 23 heavy (non-hydrogen) atoms. The van der Waals surface area contributed by atoms with Crippen molar-refractivity contribution in [3.05, 3.63) is 54.2 Å². The number of nitrogens with zero attached hydrogens (tertiary/aromatic N) is 3. The standard InChI is InChI=1S/C16H11N3O4/c20-16(21)11-2-1-3-12(6-11)19-8-13(17-18-19)10-4-5-14-15(7-10)23-9-22-14/h1-8H,9H2,(H,20,21). The summed E-state index contributed by atoms with van der Waals surface area (Å²) >= 11 is 0. The van der Waals surface area contributed by atoms with Gasteiger partial charge in [-0.3, -0.25) is 0 Å². The second-order valence-electron chi connectivity index (χ2n) is 4.97. The topological polar surface area (TPSA) is 86.5 Å². The fourth-order valence-electron chi connectivity index (χ4n) is 2.36. The molecule has 7 nitrogen and oxygen atoms in total. The number of hydrogen-bond acceptors (Lipinski definition) is 5. The van der Waals surface area contributed by atoms with E-state index in [2.05, 4.69) is 10.3 Å². The molecule has 0 radical (unpaired) electrons. The van der Waals surface area contributed by atoms with Crippen molar-refractivity contribution in [2.75, 3.05) is 6.79 Å². The second kappa shape index (κ2) is 5.13. The number of aromatic carboxylic acids is 1. The Labute approximate surface area is 130 Å². The molecule has 1 aliphatic rings. The molecule has 1 aromatic heterocycles. The van der Waals surface area contributed by atoms with Gasteiger partial charge >= 0.3 is 5.97 Å². The molecular weight excluding hydrogens is 298 g/mol. The zero-order valence-corrected chi connectivity index (χ0v) is 11.8. The lowest BCUT2D eigenvalue weighted by Crippen LogP contribution is -2.00. The van der Waals surface area contributed by atoms with E-state index < -0.39 is 5.97 Å². The number of fused-ring (bicyclic) bond motifs is 1. The van der Waals surface area contributed by atoms with Crippen LogP contribution in [0.3, 0.4) is 0 Å². The predicted octanol–water partition coefficient (Wildman–Crippen LogP) is 2.36. The van der Waals surface area contributed by atoms with Crippen molar-refractivity contribution in [2.24, 2.45) is 0 Å². The molecule has 0 atom stereocenters. The monoisotopic (exact) mass is 309 g/mol. The van der Waals surface area contributed by atoms with Crippen LogP contribution in [0.1, 0.15) is 10.4 Å². The molecule has 4 rings (SSSR count). The van der Waals surface area contributed by atoms with E-state index in [1.54, 1.807) is 24.4 Å². The number of carboxylic acids is 1. The summed E-state index contributed by atoms with van der Waals surface area (Å²) in [6.45, 7) is 0.216. The number of hydrogen-bond donors (Lipinski definition) is 1. The quantitative estimate of drug-likeness (QED) is 0.799. The van der Waals surface area contributed by atoms with Gasteiger partial charge in [0.15, 0.2) is 11.5 Å². The minimum absolute atomic E-state index is 0.197. The van der Waals surface area contributed by atoms with Gasteiger partial charge in [-0.2, -0.15) is 0 Å². The molecule has 2 heterocycles. The lowest BCUT2D eigenvalue weighted by atomic mass is 10.1. The molecule has 1 aliphatic heterocycles. The average Bonchev–Trinajstić information content (AvgIpc) is 3.23. The third-order valence-corrected chi connectivity index (χ3v) is 3.52. The molecule has 0 spiro atoms. The van der Waals surface area contributed by atoms with Gasteiger partial charge in [-0.1, -0.05) is 11.3 Å². The highest BCUT2D eigenvalue weighted by Gasteiger charge is 2.15. The van der Waals surface area contributed by atoms with Crippen LogP contribution in [-0.2, 0) is 0 Å². The van der Waals surface area contributed by atoms with Gasteiger partial charge in [-0.25, -0.2) is 9.48 Å². The van der Waals surface area contributed by atoms with Crippen molar-refractivity contribution in [1.29, 1.82) is 0 Å². The van der Waals surface area contributed by atoms with Gasteiger partial charge in [-0.15, -0.1) is 5.10 Å². The molecule has 0 fully saturated rings. The number of carbonyl (C=O) groups is 1. The van der Waals surface area contributed by atoms with Crippen LogP contribution in [0.2, 0.25) is 0 Å². The summed E-state index contributed by atoms with van der Waals surface area (Å²) in [4.78, 5) is 11.0. The normalized spacial score (nSPS) is 12.3. The van der Waals surface area contributed by atoms with Crippen LogP contribution in [-0.4, -0.2) is 32.9 Å². The highest BCUT2D eigenvalue weighted by molar-refractivity contribution is 5.88. The van der Waals surface area contributed by atoms with Crippen molar-refractivity contribution < 1.29 is 19.4 Å². The summed E-state index contributed by atoms with van der Waals surface area (Å²) in [5.41, 5.74) is 2.32. The molecule has 0 saturated heterocycles. The van der Waals surface area contributed by atoms with Gasteiger partial charge in [0, 0.05) is 5.56 Å². The number of benzene rings is 2. The lowest BCUT2D eigenvalue weighted by Gasteiger charge is -2.01. The molecule has 7 heteroatoms. The van der Waals surface area contributed by atoms with Crippen LogP contribution in [0.4, 0.5) is 0 Å². The highest BCUT2D eigenvalue weighted by Crippen LogP contribution is 2.35. The highest BCUT2D eigenvalue weighted by atomic mass is 16.7. The first kappa shape index (κ1) is 13.3. The summed E-state index contributed by atoms with van der Waals surface area (Å²) in [7, 11) is 0. The van der Waals surface area contributed by atoms with E-state index in [0.29, 0.717) is 22.9 Å². The lowest BCUT2D eigenvalue weighted by molar-refractivity contribution is 0.0697. The summed E-state index contributed by atoms with van der Waals surface area (Å²) in [5, 5.41) is 17.2. The fourth-order valence-corrected chi connectivity index (χ4v) is 2.36. The van der Waals surface area contributed by atoms with Crippen LogP contribution < -0.4 is 9.47 Å². The van der Waals surface area contributed by atoms with Crippen LogP contribution in [0.5, 0.6) is 11.5 Å². The zero-order valence-electron chi connectivity index (χ0n) is 11.8. The van der Waals surface area contributed by atoms with Crippen molar-refractivity contribution in [3.63, 3.8) is 0 Å². The Balaban J connectivity index is 1.69. The molecule has 1 N–H and O–H groups in total. The van der Waals surface area contributed by atoms with Crippen molar-refractivity contribution in [2.45, 2.75) is 0 Å². The minimum Gasteiger partial charge on any atom is -0.478 e. The Morgan fingerprint density at radius 3 is 2.87 bits per heavy atom. The van der Waals surface area contributed by atoms with Crippen LogP contribution in [0.25, 0.3) is 16.9 Å². The Kier molecular flexibility index (Phi) is 2.97. The van der Waals surface area contributed by atoms with E-state index in [9.17, 15) is 4.79 Å². The number of ether oxygens (including phenoxy) is 2. The van der Waals surface area contributed by atoms with E-state index in [4.69, 9.17) is 14.6 Å². The first-order valence-corrected chi connectivity index (χ1v) is 6.87. The van der Waals surface area contributed by atoms with E-state index >= 15 is 0 Å². The van der Waals surface area contributed by atoms with Gasteiger partial charge in [0.1, 0.15) is 5.69 Å². The van der Waals surface area contributed by atoms with Crippen LogP contribution in [0.15, 0.2) is 48.7 Å². The number of rotatable bonds is 3. The van der Waals surface area contributed by atoms with Crippen LogP contribution >= 0.6 is 0 Å². The van der Waals surface area contributed by atoms with E-state index in [1.807, 2.05) is 18.2 Å². The molecule has 0 saturated carbocycles. The summed E-state index contributed by atoms with van der Waals surface area (Å²) < 4.78 is 12.2. The van der Waals surface area contributed by atoms with E-state index in [0.717, 1.165) is 5.56 Å². The maximum atomic E-state index is 11.0. The molecule has 3 aromatic rings. The van der Waals surface area contributed by atoms with Gasteiger partial charge in [0.25, 0.3) is 0 Å². The largest absolute Gasteiger partial charge is 0.478 e. The number of aromatic nitrogens is 3. The molecule has 0 unspecified atom stereocenters. The maximum absolute atomic E-state index is 11.0. The van der Waals surface area contributed by atoms with Gasteiger partial charge in [0.2, 0.25) is 6.79 Å². The SMILES string of the molecule is O=C(O)c1cccc(-n2cc(-c3ccc4c(c3)OCO4)nn2)c1. The van der Waals surface area contributed by atoms with E-state index in [-0.39, 0.29) is 12.4 Å². The first-order valence-electron chi connectivity index (χ1n) is 6.87. The Morgan fingerprint density at radius 1 is 1.13 bits per heavy atom. The third kappa shape index (κ3) is 2.38. The Hall–Kier alpha value is -3.35. The average molecular weight is 309 g/mol. The van der Waals surface area contributed by atoms with Crippen molar-refractivity contribution in [1.82, 2.24) is 15.0 Å². The second-order valence-corrected chi connectivity index (χ2v) is 4.97. The molecule has 0 bridgehead atoms. The molecule has 2 aromatic carbocycles. The summed E-state index contributed by atoms with van der Waals surface area (Å²) in [6.07, 6.45) is 1.73. The maximum Gasteiger partial charge on any atom is 0.335 e. The Bertz CT molecular complexity index is 904. The summed E-state index contributed by atoms with van der Waals surface area (Å²) in [6, 6.07) is 12.0. The van der Waals surface area contributed by atoms with Gasteiger partial charge in [0.05, 0.1) is 17.4 Å². The van der Waals surface area contributed by atoms with Crippen molar-refractivity contribution in [3.8, 4) is 28.4 Å². The fraction of sp³-hybridized carbons (Fsp3) is 0.0625. The third-order valence-electron chi connectivity index (χ3n) is 3.52. The van der Waals surface area contributed by atoms with Crippen LogP contribution in [0, 0.1) is 0 Å². The smallest absolute Gasteiger partial charge is 0.335 e. The number of carboxylic acid groups (broad SMARTS) is 1.